The van der Waals surface area contributed by atoms with Crippen LogP contribution in [0.4, 0.5) is 26.3 Å². The van der Waals surface area contributed by atoms with Crippen LogP contribution in [0, 0.1) is 0 Å². The minimum atomic E-state index is -4.77. The first-order valence-corrected chi connectivity index (χ1v) is 5.20. The van der Waals surface area contributed by atoms with Crippen molar-refractivity contribution in [3.63, 3.8) is 0 Å². The highest BCUT2D eigenvalue weighted by Crippen LogP contribution is 2.36. The molecule has 3 N–H and O–H groups in total. The van der Waals surface area contributed by atoms with Crippen LogP contribution < -0.4 is 5.73 Å². The van der Waals surface area contributed by atoms with Gasteiger partial charge in [-0.2, -0.15) is 26.3 Å². The van der Waals surface area contributed by atoms with Crippen LogP contribution in [0.5, 0.6) is 0 Å². The fraction of sp³-hybridized carbons (Fsp3) is 0.455. The summed E-state index contributed by atoms with van der Waals surface area (Å²) in [6.07, 6.45) is -12.5. The Morgan fingerprint density at radius 2 is 1.58 bits per heavy atom. The van der Waals surface area contributed by atoms with Gasteiger partial charge in [-0.25, -0.2) is 0 Å². The topological polar surface area (TPSA) is 46.2 Å². The number of aliphatic hydroxyl groups excluding tert-OH is 1. The van der Waals surface area contributed by atoms with E-state index in [1.165, 1.54) is 6.07 Å². The molecule has 0 aromatic heterocycles. The zero-order valence-corrected chi connectivity index (χ0v) is 9.46. The van der Waals surface area contributed by atoms with Crippen LogP contribution in [-0.4, -0.2) is 17.3 Å². The highest BCUT2D eigenvalue weighted by molar-refractivity contribution is 5.31. The molecule has 8 heteroatoms. The van der Waals surface area contributed by atoms with Crippen LogP contribution in [0.15, 0.2) is 24.3 Å². The third kappa shape index (κ3) is 4.10. The fourth-order valence-electron chi connectivity index (χ4n) is 1.55. The van der Waals surface area contributed by atoms with E-state index < -0.39 is 42.0 Å². The predicted molar refractivity (Wildman–Crippen MR) is 55.1 cm³/mol. The van der Waals surface area contributed by atoms with Gasteiger partial charge in [0.15, 0.2) is 0 Å². The number of hydrogen-bond acceptors (Lipinski definition) is 2. The molecule has 1 aromatic carbocycles. The van der Waals surface area contributed by atoms with E-state index in [0.717, 1.165) is 12.1 Å². The van der Waals surface area contributed by atoms with Gasteiger partial charge in [-0.05, 0) is 11.6 Å². The summed E-state index contributed by atoms with van der Waals surface area (Å²) < 4.78 is 74.5. The minimum absolute atomic E-state index is 0.616. The number of halogens is 6. The second kappa shape index (κ2) is 5.38. The Bertz CT molecular complexity index is 428. The van der Waals surface area contributed by atoms with E-state index in [0.29, 0.717) is 6.07 Å². The highest BCUT2D eigenvalue weighted by atomic mass is 19.4. The van der Waals surface area contributed by atoms with Crippen molar-refractivity contribution in [3.8, 4) is 0 Å². The molecule has 0 spiro atoms. The second-order valence-electron chi connectivity index (χ2n) is 3.98. The molecule has 0 radical (unpaired) electrons. The maximum absolute atomic E-state index is 12.6. The quantitative estimate of drug-likeness (QED) is 0.839. The lowest BCUT2D eigenvalue weighted by molar-refractivity contribution is -0.154. The van der Waals surface area contributed by atoms with Crippen LogP contribution in [-0.2, 0) is 6.18 Å². The van der Waals surface area contributed by atoms with Crippen molar-refractivity contribution in [1.29, 1.82) is 0 Å². The van der Waals surface area contributed by atoms with Gasteiger partial charge in [0.1, 0.15) is 6.04 Å². The Hall–Kier alpha value is -1.28. The van der Waals surface area contributed by atoms with Crippen LogP contribution in [0.2, 0.25) is 0 Å². The van der Waals surface area contributed by atoms with E-state index in [1.807, 2.05) is 0 Å². The molecule has 1 rings (SSSR count). The van der Waals surface area contributed by atoms with Crippen LogP contribution in [0.1, 0.15) is 23.7 Å². The zero-order chi connectivity index (χ0) is 14.8. The third-order valence-electron chi connectivity index (χ3n) is 2.52. The maximum Gasteiger partial charge on any atom is 0.416 e. The summed E-state index contributed by atoms with van der Waals surface area (Å²) >= 11 is 0. The summed E-state index contributed by atoms with van der Waals surface area (Å²) in [4.78, 5) is 0. The minimum Gasteiger partial charge on any atom is -0.388 e. The normalized spacial score (nSPS) is 16.2. The van der Waals surface area contributed by atoms with Crippen molar-refractivity contribution in [2.75, 3.05) is 0 Å². The van der Waals surface area contributed by atoms with Gasteiger partial charge in [0.05, 0.1) is 11.7 Å². The first-order chi connectivity index (χ1) is 8.53. The molecule has 0 amide bonds. The molecule has 0 aliphatic rings. The van der Waals surface area contributed by atoms with Crippen LogP contribution >= 0.6 is 0 Å². The number of rotatable bonds is 3. The Morgan fingerprint density at radius 3 is 2.05 bits per heavy atom. The molecule has 19 heavy (non-hydrogen) atoms. The van der Waals surface area contributed by atoms with Crippen molar-refractivity contribution < 1.29 is 31.4 Å². The molecule has 0 saturated carbocycles. The summed E-state index contributed by atoms with van der Waals surface area (Å²) in [5.74, 6) is 0. The van der Waals surface area contributed by atoms with Gasteiger partial charge in [-0.1, -0.05) is 18.2 Å². The smallest absolute Gasteiger partial charge is 0.388 e. The molecule has 0 fully saturated rings. The fourth-order valence-corrected chi connectivity index (χ4v) is 1.55. The molecule has 0 heterocycles. The Labute approximate surface area is 104 Å². The van der Waals surface area contributed by atoms with Crippen molar-refractivity contribution in [1.82, 2.24) is 0 Å². The second-order valence-corrected chi connectivity index (χ2v) is 3.98. The van der Waals surface area contributed by atoms with E-state index in [9.17, 15) is 31.4 Å². The SMILES string of the molecule is N[C@@H](C[C@@H](O)c1ccccc1C(F)(F)F)C(F)(F)F. The molecule has 0 saturated heterocycles. The number of nitrogens with two attached hydrogens (primary N) is 1. The van der Waals surface area contributed by atoms with Gasteiger partial charge >= 0.3 is 12.4 Å². The summed E-state index contributed by atoms with van der Waals surface area (Å²) in [5, 5.41) is 9.52. The average Bonchev–Trinajstić information content (AvgIpc) is 2.26. The summed E-state index contributed by atoms with van der Waals surface area (Å²) in [5.41, 5.74) is 3.00. The van der Waals surface area contributed by atoms with E-state index in [4.69, 9.17) is 5.73 Å². The largest absolute Gasteiger partial charge is 0.416 e. The summed E-state index contributed by atoms with van der Waals surface area (Å²) in [7, 11) is 0. The molecular formula is C11H11F6NO. The van der Waals surface area contributed by atoms with Gasteiger partial charge in [0, 0.05) is 6.42 Å². The van der Waals surface area contributed by atoms with E-state index >= 15 is 0 Å². The predicted octanol–water partition coefficient (Wildman–Crippen LogP) is 3.02. The molecule has 1 aromatic rings. The van der Waals surface area contributed by atoms with E-state index in [1.54, 1.807) is 0 Å². The molecular weight excluding hydrogens is 276 g/mol. The van der Waals surface area contributed by atoms with Gasteiger partial charge in [0.25, 0.3) is 0 Å². The number of aliphatic hydroxyl groups is 1. The summed E-state index contributed by atoms with van der Waals surface area (Å²) in [6, 6.07) is 1.52. The van der Waals surface area contributed by atoms with Crippen molar-refractivity contribution in [2.45, 2.75) is 30.9 Å². The third-order valence-corrected chi connectivity index (χ3v) is 2.52. The monoisotopic (exact) mass is 287 g/mol. The van der Waals surface area contributed by atoms with Crippen molar-refractivity contribution >= 4 is 0 Å². The van der Waals surface area contributed by atoms with Crippen molar-refractivity contribution in [2.24, 2.45) is 5.73 Å². The molecule has 0 unspecified atom stereocenters. The molecule has 2 nitrogen and oxygen atoms in total. The van der Waals surface area contributed by atoms with Gasteiger partial charge in [-0.3, -0.25) is 0 Å². The standard InChI is InChI=1S/C11H11F6NO/c12-10(13,14)7-4-2-1-3-6(7)8(19)5-9(18)11(15,16)17/h1-4,8-9,19H,5,18H2/t8-,9+/m1/s1. The Kier molecular flexibility index (Phi) is 4.46. The molecule has 0 bridgehead atoms. The van der Waals surface area contributed by atoms with Gasteiger partial charge in [-0.15, -0.1) is 0 Å². The lowest BCUT2D eigenvalue weighted by atomic mass is 9.97. The number of hydrogen-bond donors (Lipinski definition) is 2. The Morgan fingerprint density at radius 1 is 1.05 bits per heavy atom. The molecule has 0 aliphatic carbocycles. The zero-order valence-electron chi connectivity index (χ0n) is 9.46. The van der Waals surface area contributed by atoms with Crippen LogP contribution in [0.25, 0.3) is 0 Å². The van der Waals surface area contributed by atoms with E-state index in [-0.39, 0.29) is 0 Å². The molecule has 2 atom stereocenters. The average molecular weight is 287 g/mol. The molecule has 0 aliphatic heterocycles. The number of benzene rings is 1. The Balaban J connectivity index is 2.98. The van der Waals surface area contributed by atoms with E-state index in [2.05, 4.69) is 0 Å². The first kappa shape index (κ1) is 15.8. The van der Waals surface area contributed by atoms with Crippen LogP contribution in [0.3, 0.4) is 0 Å². The van der Waals surface area contributed by atoms with Crippen molar-refractivity contribution in [3.05, 3.63) is 35.4 Å². The molecule has 108 valence electrons. The first-order valence-electron chi connectivity index (χ1n) is 5.20. The lowest BCUT2D eigenvalue weighted by Crippen LogP contribution is -2.38. The lowest BCUT2D eigenvalue weighted by Gasteiger charge is -2.21. The number of alkyl halides is 6. The van der Waals surface area contributed by atoms with Gasteiger partial charge in [0.2, 0.25) is 0 Å². The highest BCUT2D eigenvalue weighted by Gasteiger charge is 2.40. The maximum atomic E-state index is 12.6. The summed E-state index contributed by atoms with van der Waals surface area (Å²) in [6.45, 7) is 0. The van der Waals surface area contributed by atoms with Gasteiger partial charge < -0.3 is 10.8 Å².